The fraction of sp³-hybridized carbons (Fsp3) is 0.462. The van der Waals surface area contributed by atoms with E-state index in [2.05, 4.69) is 21.2 Å². The van der Waals surface area contributed by atoms with Crippen LogP contribution in [-0.2, 0) is 15.8 Å². The number of hydrazine groups is 1. The molecule has 200 valence electrons. The van der Waals surface area contributed by atoms with Gasteiger partial charge in [-0.2, -0.15) is 10.4 Å². The number of piperidine rings is 1. The Morgan fingerprint density at radius 2 is 1.92 bits per heavy atom. The fourth-order valence-corrected chi connectivity index (χ4v) is 5.73. The molecule has 2 fully saturated rings. The van der Waals surface area contributed by atoms with Crippen LogP contribution in [0.25, 0.3) is 11.3 Å². The molecule has 0 aliphatic carbocycles. The molecule has 38 heavy (non-hydrogen) atoms. The average Bonchev–Trinajstić information content (AvgIpc) is 3.44. The number of ether oxygens (including phenoxy) is 1. The summed E-state index contributed by atoms with van der Waals surface area (Å²) < 4.78 is 29.6. The van der Waals surface area contributed by atoms with Gasteiger partial charge in [0.25, 0.3) is 0 Å². The third-order valence-electron chi connectivity index (χ3n) is 7.11. The molecule has 2 aliphatic rings. The van der Waals surface area contributed by atoms with Crippen LogP contribution in [0, 0.1) is 17.2 Å². The van der Waals surface area contributed by atoms with Gasteiger partial charge in [-0.3, -0.25) is 13.8 Å². The molecule has 12 heteroatoms. The van der Waals surface area contributed by atoms with Crippen molar-refractivity contribution < 1.29 is 13.5 Å². The molecule has 0 bridgehead atoms. The Morgan fingerprint density at radius 3 is 2.63 bits per heavy atom. The van der Waals surface area contributed by atoms with Crippen molar-refractivity contribution >= 4 is 22.7 Å². The van der Waals surface area contributed by atoms with Crippen molar-refractivity contribution in [2.45, 2.75) is 25.3 Å². The summed E-state index contributed by atoms with van der Waals surface area (Å²) in [4.78, 5) is 11.5. The van der Waals surface area contributed by atoms with Crippen LogP contribution in [0.3, 0.4) is 0 Å². The number of likely N-dealkylation sites (tertiary alicyclic amines) is 1. The van der Waals surface area contributed by atoms with E-state index in [0.717, 1.165) is 42.9 Å². The number of morpholine rings is 1. The van der Waals surface area contributed by atoms with Gasteiger partial charge >= 0.3 is 0 Å². The van der Waals surface area contributed by atoms with Crippen molar-refractivity contribution in [3.8, 4) is 17.3 Å². The highest BCUT2D eigenvalue weighted by Crippen LogP contribution is 2.32. The van der Waals surface area contributed by atoms with Crippen molar-refractivity contribution in [1.29, 1.82) is 5.26 Å². The highest BCUT2D eigenvalue weighted by molar-refractivity contribution is 7.79. The number of anilines is 2. The number of hydrogen-bond acceptors (Lipinski definition) is 10. The van der Waals surface area contributed by atoms with E-state index < -0.39 is 11.1 Å². The van der Waals surface area contributed by atoms with Crippen LogP contribution in [0.2, 0.25) is 0 Å². The van der Waals surface area contributed by atoms with Crippen molar-refractivity contribution in [3.63, 3.8) is 0 Å². The van der Waals surface area contributed by atoms with E-state index in [1.54, 1.807) is 12.4 Å². The smallest absolute Gasteiger partial charge is 0.245 e. The number of nitriles is 1. The van der Waals surface area contributed by atoms with Gasteiger partial charge in [0, 0.05) is 31.0 Å². The zero-order chi connectivity index (χ0) is 26.3. The molecule has 1 aromatic carbocycles. The summed E-state index contributed by atoms with van der Waals surface area (Å²) in [6.07, 6.45) is 7.48. The van der Waals surface area contributed by atoms with Gasteiger partial charge in [-0.25, -0.2) is 20.0 Å². The molecule has 2 saturated heterocycles. The molecule has 2 unspecified atom stereocenters. The van der Waals surface area contributed by atoms with Crippen LogP contribution in [0.5, 0.6) is 0 Å². The molecule has 0 N–H and O–H groups in total. The summed E-state index contributed by atoms with van der Waals surface area (Å²) in [5.74, 6) is 0.872. The second-order valence-electron chi connectivity index (χ2n) is 9.48. The van der Waals surface area contributed by atoms with Crippen molar-refractivity contribution in [2.24, 2.45) is 5.92 Å². The topological polar surface area (TPSA) is 126 Å². The molecule has 2 aliphatic heterocycles. The largest absolute Gasteiger partial charge is 0.771 e. The van der Waals surface area contributed by atoms with Gasteiger partial charge in [-0.1, -0.05) is 18.2 Å². The third-order valence-corrected chi connectivity index (χ3v) is 7.68. The third kappa shape index (κ3) is 6.25. The van der Waals surface area contributed by atoms with Gasteiger partial charge in [-0.05, 0) is 61.1 Å². The van der Waals surface area contributed by atoms with Crippen LogP contribution in [0.15, 0.2) is 55.0 Å². The number of rotatable bonds is 9. The average molecular weight is 536 g/mol. The first-order valence-electron chi connectivity index (χ1n) is 12.8. The Morgan fingerprint density at radius 1 is 1.16 bits per heavy atom. The molecule has 0 spiro atoms. The Bertz CT molecular complexity index is 1250. The fourth-order valence-electron chi connectivity index (χ4n) is 5.18. The van der Waals surface area contributed by atoms with Crippen LogP contribution >= 0.6 is 0 Å². The van der Waals surface area contributed by atoms with E-state index in [1.165, 1.54) is 0 Å². The SMILES string of the molecule is N#CCC(C1CCN(CS(=O)[O-])CC1)n1cc(-c2ccnc(N(c3ccccc3)N3CCOCC3)n2)cn1. The highest BCUT2D eigenvalue weighted by Gasteiger charge is 2.29. The van der Waals surface area contributed by atoms with Crippen LogP contribution in [-0.4, -0.2) is 83.7 Å². The van der Waals surface area contributed by atoms with Gasteiger partial charge in [0.05, 0.1) is 55.2 Å². The summed E-state index contributed by atoms with van der Waals surface area (Å²) in [6.45, 7) is 4.15. The molecular weight excluding hydrogens is 504 g/mol. The standard InChI is InChI=1S/C26H32N8O3S/c27-10-6-25(21-8-12-31(13-9-21)20-38(35)36)33-19-22(18-29-33)24-7-11-28-26(30-24)34(23-4-2-1-3-5-23)32-14-16-37-17-15-32/h1-5,7,11,18-19,21,25H,6,8-9,12-17,20H2,(H,35,36)/p-1. The Hall–Kier alpha value is -3.21. The molecule has 0 amide bonds. The van der Waals surface area contributed by atoms with E-state index in [9.17, 15) is 14.0 Å². The zero-order valence-electron chi connectivity index (χ0n) is 21.1. The van der Waals surface area contributed by atoms with Gasteiger partial charge in [-0.15, -0.1) is 0 Å². The summed E-state index contributed by atoms with van der Waals surface area (Å²) in [7, 11) is 0. The summed E-state index contributed by atoms with van der Waals surface area (Å²) >= 11 is -2.08. The lowest BCUT2D eigenvalue weighted by Gasteiger charge is -2.37. The van der Waals surface area contributed by atoms with E-state index >= 15 is 0 Å². The van der Waals surface area contributed by atoms with E-state index in [-0.39, 0.29) is 17.8 Å². The minimum absolute atomic E-state index is 0.0576. The monoisotopic (exact) mass is 535 g/mol. The first-order chi connectivity index (χ1) is 18.6. The second kappa shape index (κ2) is 12.6. The van der Waals surface area contributed by atoms with Crippen LogP contribution < -0.4 is 5.01 Å². The first kappa shape index (κ1) is 26.4. The maximum atomic E-state index is 11.1. The quantitative estimate of drug-likeness (QED) is 0.377. The maximum Gasteiger partial charge on any atom is 0.245 e. The zero-order valence-corrected chi connectivity index (χ0v) is 21.9. The molecule has 4 heterocycles. The molecule has 0 radical (unpaired) electrons. The van der Waals surface area contributed by atoms with E-state index in [0.29, 0.717) is 38.7 Å². The Kier molecular flexibility index (Phi) is 8.72. The Labute approximate surface area is 224 Å². The van der Waals surface area contributed by atoms with Crippen molar-refractivity contribution in [3.05, 3.63) is 55.0 Å². The normalized spacial score (nSPS) is 19.1. The summed E-state index contributed by atoms with van der Waals surface area (Å²) in [5, 5.41) is 18.4. The molecule has 3 aromatic rings. The highest BCUT2D eigenvalue weighted by atomic mass is 32.2. The maximum absolute atomic E-state index is 11.1. The van der Waals surface area contributed by atoms with Gasteiger partial charge in [0.2, 0.25) is 5.95 Å². The summed E-state index contributed by atoms with van der Waals surface area (Å²) in [6, 6.07) is 14.2. The molecule has 2 atom stereocenters. The molecule has 0 saturated carbocycles. The van der Waals surface area contributed by atoms with Gasteiger partial charge in [0.1, 0.15) is 0 Å². The molecular formula is C26H31N8O3S-. The van der Waals surface area contributed by atoms with Gasteiger partial charge < -0.3 is 9.29 Å². The number of benzene rings is 1. The first-order valence-corrected chi connectivity index (χ1v) is 14.1. The van der Waals surface area contributed by atoms with E-state index in [1.807, 2.05) is 57.2 Å². The van der Waals surface area contributed by atoms with E-state index in [4.69, 9.17) is 9.72 Å². The minimum Gasteiger partial charge on any atom is -0.771 e. The number of aromatic nitrogens is 4. The van der Waals surface area contributed by atoms with Crippen molar-refractivity contribution in [2.75, 3.05) is 50.3 Å². The summed E-state index contributed by atoms with van der Waals surface area (Å²) in [5.41, 5.74) is 2.58. The van der Waals surface area contributed by atoms with Crippen molar-refractivity contribution in [1.82, 2.24) is 29.7 Å². The second-order valence-corrected chi connectivity index (χ2v) is 10.3. The lowest BCUT2D eigenvalue weighted by atomic mass is 9.88. The lowest BCUT2D eigenvalue weighted by Crippen LogP contribution is -2.47. The molecule has 2 aromatic heterocycles. The molecule has 5 rings (SSSR count). The predicted octanol–water partition coefficient (Wildman–Crippen LogP) is 2.73. The molecule has 11 nitrogen and oxygen atoms in total. The van der Waals surface area contributed by atoms with Crippen LogP contribution in [0.4, 0.5) is 11.6 Å². The number of nitrogens with zero attached hydrogens (tertiary/aromatic N) is 8. The Balaban J connectivity index is 1.37. The number of hydrogen-bond donors (Lipinski definition) is 0. The lowest BCUT2D eigenvalue weighted by molar-refractivity contribution is 0.0371. The predicted molar refractivity (Wildman–Crippen MR) is 142 cm³/mol. The minimum atomic E-state index is -2.08. The number of para-hydroxylation sites is 1. The van der Waals surface area contributed by atoms with Gasteiger partial charge in [0.15, 0.2) is 0 Å². The van der Waals surface area contributed by atoms with Crippen LogP contribution in [0.1, 0.15) is 25.3 Å².